The molecule has 1 aliphatic heterocycles. The summed E-state index contributed by atoms with van der Waals surface area (Å²) in [6.07, 6.45) is 15.4. The molecule has 1 heteroatoms. The van der Waals surface area contributed by atoms with Gasteiger partial charge in [0.2, 0.25) is 0 Å². The van der Waals surface area contributed by atoms with Crippen LogP contribution in [0.4, 0.5) is 0 Å². The van der Waals surface area contributed by atoms with Gasteiger partial charge >= 0.3 is 0 Å². The summed E-state index contributed by atoms with van der Waals surface area (Å²) < 4.78 is 7.08. The average Bonchev–Trinajstić information content (AvgIpc) is 3.11. The Hall–Kier alpha value is -4.98. The van der Waals surface area contributed by atoms with E-state index >= 15 is 0 Å². The van der Waals surface area contributed by atoms with Crippen LogP contribution in [0.3, 0.4) is 0 Å². The number of rotatable bonds is 2. The summed E-state index contributed by atoms with van der Waals surface area (Å²) in [6.45, 7) is 0. The lowest BCUT2D eigenvalue weighted by molar-refractivity contribution is -0.0634. The van der Waals surface area contributed by atoms with Crippen LogP contribution < -0.4 is 10.4 Å². The molecule has 3 aliphatic carbocycles. The predicted octanol–water partition coefficient (Wildman–Crippen LogP) is 8.99. The van der Waals surface area contributed by atoms with E-state index in [1.54, 1.807) is 0 Å². The number of benzene rings is 6. The highest BCUT2D eigenvalue weighted by molar-refractivity contribution is 6.09. The smallest absolute Gasteiger partial charge is 0.0904 e. The van der Waals surface area contributed by atoms with Crippen molar-refractivity contribution in [3.8, 4) is 11.1 Å². The highest BCUT2D eigenvalue weighted by atomic mass is 16.5. The van der Waals surface area contributed by atoms with Crippen LogP contribution in [0.25, 0.3) is 60.7 Å². The maximum absolute atomic E-state index is 7.08. The molecule has 5 unspecified atom stereocenters. The lowest BCUT2D eigenvalue weighted by atomic mass is 9.63. The molecule has 5 atom stereocenters. The Kier molecular flexibility index (Phi) is 5.50. The van der Waals surface area contributed by atoms with E-state index in [0.29, 0.717) is 17.8 Å². The van der Waals surface area contributed by atoms with Crippen LogP contribution in [0.5, 0.6) is 0 Å². The van der Waals surface area contributed by atoms with Crippen molar-refractivity contribution in [1.82, 2.24) is 0 Å². The van der Waals surface area contributed by atoms with Crippen molar-refractivity contribution in [2.24, 2.45) is 17.8 Å². The van der Waals surface area contributed by atoms with Gasteiger partial charge in [-0.2, -0.15) is 0 Å². The highest BCUT2D eigenvalue weighted by Crippen LogP contribution is 2.50. The van der Waals surface area contributed by atoms with Gasteiger partial charge in [0.25, 0.3) is 0 Å². The van der Waals surface area contributed by atoms with E-state index in [1.807, 2.05) is 0 Å². The van der Waals surface area contributed by atoms with E-state index < -0.39 is 0 Å². The van der Waals surface area contributed by atoms with Gasteiger partial charge in [-0.1, -0.05) is 127 Å². The van der Waals surface area contributed by atoms with Crippen molar-refractivity contribution < 1.29 is 4.74 Å². The predicted molar refractivity (Wildman–Crippen MR) is 188 cm³/mol. The topological polar surface area (TPSA) is 9.23 Å². The molecule has 0 amide bonds. The highest BCUT2D eigenvalue weighted by Gasteiger charge is 2.48. The maximum atomic E-state index is 7.08. The summed E-state index contributed by atoms with van der Waals surface area (Å²) in [5, 5.41) is 10.4. The molecule has 0 aromatic heterocycles. The van der Waals surface area contributed by atoms with Crippen LogP contribution in [0, 0.1) is 17.8 Å². The summed E-state index contributed by atoms with van der Waals surface area (Å²) in [6, 6.07) is 42.7. The number of hydrogen-bond donors (Lipinski definition) is 0. The molecular formula is C44H32O. The van der Waals surface area contributed by atoms with Gasteiger partial charge in [0.15, 0.2) is 0 Å². The average molecular weight is 577 g/mol. The Balaban J connectivity index is 1.01. The van der Waals surface area contributed by atoms with Gasteiger partial charge in [0.05, 0.1) is 12.2 Å². The van der Waals surface area contributed by atoms with Crippen LogP contribution >= 0.6 is 0 Å². The van der Waals surface area contributed by atoms with Crippen molar-refractivity contribution in [3.05, 3.63) is 162 Å². The van der Waals surface area contributed by atoms with E-state index in [1.165, 1.54) is 70.6 Å². The number of ether oxygens (including phenoxy) is 1. The van der Waals surface area contributed by atoms with E-state index in [-0.39, 0.29) is 12.2 Å². The molecule has 1 nitrogen and oxygen atoms in total. The van der Waals surface area contributed by atoms with E-state index in [2.05, 4.69) is 152 Å². The Morgan fingerprint density at radius 1 is 0.622 bits per heavy atom. The van der Waals surface area contributed by atoms with Crippen LogP contribution in [0.15, 0.2) is 146 Å². The third-order valence-corrected chi connectivity index (χ3v) is 10.8. The minimum atomic E-state index is 0.0552. The third-order valence-electron chi connectivity index (χ3n) is 10.8. The monoisotopic (exact) mass is 576 g/mol. The molecule has 0 bridgehead atoms. The van der Waals surface area contributed by atoms with E-state index in [9.17, 15) is 0 Å². The largest absolute Gasteiger partial charge is 0.365 e. The molecule has 45 heavy (non-hydrogen) atoms. The Bertz CT molecular complexity index is 2420. The summed E-state index contributed by atoms with van der Waals surface area (Å²) in [7, 11) is 0. The van der Waals surface area contributed by atoms with Crippen LogP contribution in [0.1, 0.15) is 12.0 Å². The van der Waals surface area contributed by atoms with Gasteiger partial charge in [-0.15, -0.1) is 0 Å². The fourth-order valence-electron chi connectivity index (χ4n) is 8.67. The van der Waals surface area contributed by atoms with Crippen LogP contribution in [-0.4, -0.2) is 12.2 Å². The Morgan fingerprint density at radius 2 is 1.33 bits per heavy atom. The number of hydrogen-bond acceptors (Lipinski definition) is 1. The fourth-order valence-corrected chi connectivity index (χ4v) is 8.67. The zero-order valence-electron chi connectivity index (χ0n) is 24.9. The van der Waals surface area contributed by atoms with Gasteiger partial charge in [-0.3, -0.25) is 0 Å². The minimum Gasteiger partial charge on any atom is -0.365 e. The normalized spacial score (nSPS) is 24.6. The second-order valence-corrected chi connectivity index (χ2v) is 13.1. The second kappa shape index (κ2) is 9.76. The summed E-state index contributed by atoms with van der Waals surface area (Å²) in [5.74, 6) is 1.32. The zero-order chi connectivity index (χ0) is 29.5. The Morgan fingerprint density at radius 3 is 2.24 bits per heavy atom. The molecule has 4 aliphatic rings. The van der Waals surface area contributed by atoms with Crippen molar-refractivity contribution in [2.75, 3.05) is 0 Å². The lowest BCUT2D eigenvalue weighted by Gasteiger charge is -2.50. The molecule has 6 aromatic carbocycles. The standard InChI is InChI=1S/C44H32O/c1-3-9-35-27(7-1)15-16-28-17-18-32(25-41(28)35)30-19-20-31-24-34(22-21-29(31)23-30)37-11-5-14-40-39-13-6-12-38-36-10-4-2-8-33(36)26-42(43(38)39)45-44(37)40/h1-12,14-26,39-40,42-44H,13H2. The molecule has 0 N–H and O–H groups in total. The second-order valence-electron chi connectivity index (χ2n) is 13.1. The third kappa shape index (κ3) is 3.91. The van der Waals surface area contributed by atoms with Crippen molar-refractivity contribution in [3.63, 3.8) is 0 Å². The van der Waals surface area contributed by atoms with Gasteiger partial charge in [0.1, 0.15) is 0 Å². The lowest BCUT2D eigenvalue weighted by Crippen LogP contribution is -2.52. The number of allylic oxidation sites excluding steroid dienone is 4. The fraction of sp³-hybridized carbons (Fsp3) is 0.136. The first-order valence-corrected chi connectivity index (χ1v) is 16.3. The van der Waals surface area contributed by atoms with Crippen molar-refractivity contribution in [1.29, 1.82) is 0 Å². The molecule has 1 fully saturated rings. The first-order valence-electron chi connectivity index (χ1n) is 16.3. The summed E-state index contributed by atoms with van der Waals surface area (Å²) >= 11 is 0. The van der Waals surface area contributed by atoms with Gasteiger partial charge in [-0.25, -0.2) is 0 Å². The molecule has 0 radical (unpaired) electrons. The van der Waals surface area contributed by atoms with Gasteiger partial charge in [-0.05, 0) is 107 Å². The van der Waals surface area contributed by atoms with Gasteiger partial charge in [0, 0.05) is 11.8 Å². The summed E-state index contributed by atoms with van der Waals surface area (Å²) in [4.78, 5) is 0. The minimum absolute atomic E-state index is 0.0552. The first-order chi connectivity index (χ1) is 22.3. The zero-order valence-corrected chi connectivity index (χ0v) is 24.9. The van der Waals surface area contributed by atoms with E-state index in [0.717, 1.165) is 6.42 Å². The van der Waals surface area contributed by atoms with Crippen LogP contribution in [0.2, 0.25) is 0 Å². The molecule has 10 rings (SSSR count). The molecule has 1 heterocycles. The van der Waals surface area contributed by atoms with Gasteiger partial charge < -0.3 is 4.74 Å². The molecule has 1 saturated heterocycles. The molecule has 0 spiro atoms. The summed E-state index contributed by atoms with van der Waals surface area (Å²) in [5.41, 5.74) is 6.52. The van der Waals surface area contributed by atoms with Crippen molar-refractivity contribution in [2.45, 2.75) is 18.6 Å². The van der Waals surface area contributed by atoms with Crippen molar-refractivity contribution >= 4 is 49.5 Å². The number of fused-ring (bicyclic) bond motifs is 7. The quantitative estimate of drug-likeness (QED) is 0.187. The molecular weight excluding hydrogens is 544 g/mol. The molecule has 214 valence electrons. The molecule has 6 aromatic rings. The Labute approximate surface area is 262 Å². The van der Waals surface area contributed by atoms with Crippen LogP contribution in [-0.2, 0) is 4.74 Å². The SMILES string of the molecule is C1=CC2C(OC3C=c4ccccc4=C4C=CCC2C43)C(c2ccc3cc(-c4ccc5ccc6ccccc6c5c4)ccc3c2)=C1. The van der Waals surface area contributed by atoms with E-state index in [4.69, 9.17) is 4.74 Å². The maximum Gasteiger partial charge on any atom is 0.0904 e. The first kappa shape index (κ1) is 25.4. The molecule has 0 saturated carbocycles.